The van der Waals surface area contributed by atoms with Crippen LogP contribution in [0, 0.1) is 19.8 Å². The first-order chi connectivity index (χ1) is 11.1. The molecule has 1 saturated heterocycles. The van der Waals surface area contributed by atoms with Crippen molar-refractivity contribution in [1.29, 1.82) is 0 Å². The summed E-state index contributed by atoms with van der Waals surface area (Å²) < 4.78 is 0. The summed E-state index contributed by atoms with van der Waals surface area (Å²) in [7, 11) is 0. The number of rotatable bonds is 4. The number of piperidine rings is 1. The first-order valence-corrected chi connectivity index (χ1v) is 9.06. The number of carbonyl (C=O) groups is 1. The minimum atomic E-state index is -0.650. The van der Waals surface area contributed by atoms with Crippen molar-refractivity contribution in [2.24, 2.45) is 5.92 Å². The zero-order valence-electron chi connectivity index (χ0n) is 13.7. The monoisotopic (exact) mass is 329 g/mol. The summed E-state index contributed by atoms with van der Waals surface area (Å²) in [4.78, 5) is 13.6. The fraction of sp³-hybridized carbons (Fsp3) is 0.421. The van der Waals surface area contributed by atoms with Gasteiger partial charge in [-0.15, -0.1) is 0 Å². The molecule has 0 aliphatic carbocycles. The van der Waals surface area contributed by atoms with Crippen molar-refractivity contribution in [3.63, 3.8) is 0 Å². The van der Waals surface area contributed by atoms with Crippen LogP contribution in [0.15, 0.2) is 35.0 Å². The van der Waals surface area contributed by atoms with E-state index in [0.717, 1.165) is 25.9 Å². The van der Waals surface area contributed by atoms with Crippen molar-refractivity contribution < 1.29 is 9.90 Å². The maximum absolute atomic E-state index is 11.2. The molecule has 1 fully saturated rings. The summed E-state index contributed by atoms with van der Waals surface area (Å²) in [5.41, 5.74) is 5.24. The van der Waals surface area contributed by atoms with E-state index in [4.69, 9.17) is 0 Å². The highest BCUT2D eigenvalue weighted by molar-refractivity contribution is 7.08. The van der Waals surface area contributed by atoms with E-state index in [2.05, 4.69) is 53.8 Å². The first-order valence-electron chi connectivity index (χ1n) is 8.12. The molecule has 0 radical (unpaired) electrons. The summed E-state index contributed by atoms with van der Waals surface area (Å²) in [6.45, 7) is 5.97. The van der Waals surface area contributed by atoms with E-state index in [1.807, 2.05) is 0 Å². The van der Waals surface area contributed by atoms with Gasteiger partial charge >= 0.3 is 5.97 Å². The molecule has 1 unspecified atom stereocenters. The average molecular weight is 329 g/mol. The molecule has 0 saturated carbocycles. The second-order valence-corrected chi connectivity index (χ2v) is 7.25. The summed E-state index contributed by atoms with van der Waals surface area (Å²) in [5, 5.41) is 13.6. The van der Waals surface area contributed by atoms with Crippen LogP contribution in [0.3, 0.4) is 0 Å². The molecule has 3 nitrogen and oxygen atoms in total. The number of aryl methyl sites for hydroxylation is 2. The van der Waals surface area contributed by atoms with Gasteiger partial charge in [0.25, 0.3) is 0 Å². The van der Waals surface area contributed by atoms with Crippen LogP contribution in [0.4, 0.5) is 0 Å². The van der Waals surface area contributed by atoms with Gasteiger partial charge in [-0.05, 0) is 73.3 Å². The molecule has 1 aliphatic heterocycles. The van der Waals surface area contributed by atoms with Gasteiger partial charge in [0.1, 0.15) is 0 Å². The van der Waals surface area contributed by atoms with Crippen LogP contribution >= 0.6 is 11.3 Å². The van der Waals surface area contributed by atoms with Crippen LogP contribution in [0.5, 0.6) is 0 Å². The van der Waals surface area contributed by atoms with Crippen molar-refractivity contribution in [3.05, 3.63) is 57.3 Å². The third-order valence-electron chi connectivity index (χ3n) is 4.82. The quantitative estimate of drug-likeness (QED) is 0.911. The van der Waals surface area contributed by atoms with Gasteiger partial charge in [0.15, 0.2) is 0 Å². The number of hydrogen-bond acceptors (Lipinski definition) is 3. The van der Waals surface area contributed by atoms with Crippen LogP contribution in [0.1, 0.15) is 41.1 Å². The number of thiophene rings is 1. The van der Waals surface area contributed by atoms with Crippen molar-refractivity contribution in [2.45, 2.75) is 32.7 Å². The predicted octanol–water partition coefficient (Wildman–Crippen LogP) is 4.25. The topological polar surface area (TPSA) is 40.5 Å². The molecular formula is C19H23NO2S. The van der Waals surface area contributed by atoms with Gasteiger partial charge in [-0.3, -0.25) is 9.69 Å². The van der Waals surface area contributed by atoms with E-state index in [1.165, 1.54) is 22.3 Å². The summed E-state index contributed by atoms with van der Waals surface area (Å²) in [5.74, 6) is -0.836. The number of benzene rings is 1. The Morgan fingerprint density at radius 3 is 2.57 bits per heavy atom. The number of carboxylic acids is 1. The largest absolute Gasteiger partial charge is 0.481 e. The Hall–Kier alpha value is -1.65. The maximum atomic E-state index is 11.2. The maximum Gasteiger partial charge on any atom is 0.306 e. The molecule has 2 aromatic rings. The van der Waals surface area contributed by atoms with E-state index in [0.29, 0.717) is 0 Å². The van der Waals surface area contributed by atoms with E-state index in [-0.39, 0.29) is 12.0 Å². The Kier molecular flexibility index (Phi) is 4.83. The minimum absolute atomic E-state index is 0.187. The Morgan fingerprint density at radius 1 is 1.26 bits per heavy atom. The molecule has 23 heavy (non-hydrogen) atoms. The molecular weight excluding hydrogens is 306 g/mol. The second kappa shape index (κ2) is 6.85. The lowest BCUT2D eigenvalue weighted by molar-refractivity contribution is -0.143. The van der Waals surface area contributed by atoms with Gasteiger partial charge in [-0.25, -0.2) is 0 Å². The molecule has 1 aliphatic rings. The van der Waals surface area contributed by atoms with Gasteiger partial charge < -0.3 is 5.11 Å². The van der Waals surface area contributed by atoms with Gasteiger partial charge in [-0.2, -0.15) is 11.3 Å². The Morgan fingerprint density at radius 2 is 2.00 bits per heavy atom. The van der Waals surface area contributed by atoms with E-state index < -0.39 is 5.97 Å². The fourth-order valence-corrected chi connectivity index (χ4v) is 4.23. The molecule has 122 valence electrons. The van der Waals surface area contributed by atoms with E-state index in [1.54, 1.807) is 11.3 Å². The minimum Gasteiger partial charge on any atom is -0.481 e. The smallest absolute Gasteiger partial charge is 0.306 e. The van der Waals surface area contributed by atoms with Crippen LogP contribution in [-0.2, 0) is 4.79 Å². The van der Waals surface area contributed by atoms with Crippen LogP contribution in [0.2, 0.25) is 0 Å². The number of carboxylic acid groups (broad SMARTS) is 1. The normalized spacial score (nSPS) is 18.0. The Balaban J connectivity index is 1.90. The molecule has 2 heterocycles. The molecule has 1 aromatic heterocycles. The summed E-state index contributed by atoms with van der Waals surface area (Å²) in [6, 6.07) is 9.06. The average Bonchev–Trinajstić information content (AvgIpc) is 3.04. The molecule has 1 atom stereocenters. The highest BCUT2D eigenvalue weighted by Gasteiger charge is 2.30. The lowest BCUT2D eigenvalue weighted by Gasteiger charge is -2.37. The van der Waals surface area contributed by atoms with Crippen LogP contribution in [0.25, 0.3) is 0 Å². The second-order valence-electron chi connectivity index (χ2n) is 6.47. The molecule has 3 rings (SSSR count). The van der Waals surface area contributed by atoms with Crippen LogP contribution < -0.4 is 0 Å². The lowest BCUT2D eigenvalue weighted by atomic mass is 9.90. The van der Waals surface area contributed by atoms with E-state index >= 15 is 0 Å². The third kappa shape index (κ3) is 3.48. The van der Waals surface area contributed by atoms with Gasteiger partial charge in [0.05, 0.1) is 12.0 Å². The van der Waals surface area contributed by atoms with Crippen molar-refractivity contribution in [1.82, 2.24) is 4.90 Å². The molecule has 4 heteroatoms. The van der Waals surface area contributed by atoms with E-state index in [9.17, 15) is 9.90 Å². The summed E-state index contributed by atoms with van der Waals surface area (Å²) >= 11 is 1.72. The zero-order chi connectivity index (χ0) is 16.4. The molecule has 0 bridgehead atoms. The molecule has 0 spiro atoms. The number of likely N-dealkylation sites (tertiary alicyclic amines) is 1. The standard InChI is InChI=1S/C19H23NO2S/c1-13-3-4-17(14(2)11-13)18(16-7-10-23-12-16)20-8-5-15(6-9-20)19(21)22/h3-4,7,10-12,15,18H,5-6,8-9H2,1-2H3,(H,21,22). The van der Waals surface area contributed by atoms with Crippen molar-refractivity contribution in [3.8, 4) is 0 Å². The summed E-state index contributed by atoms with van der Waals surface area (Å²) in [6.07, 6.45) is 1.47. The number of hydrogen-bond donors (Lipinski definition) is 1. The zero-order valence-corrected chi connectivity index (χ0v) is 14.5. The van der Waals surface area contributed by atoms with Gasteiger partial charge in [-0.1, -0.05) is 23.8 Å². The predicted molar refractivity (Wildman–Crippen MR) is 94.0 cm³/mol. The lowest BCUT2D eigenvalue weighted by Crippen LogP contribution is -2.39. The fourth-order valence-electron chi connectivity index (χ4n) is 3.55. The molecule has 1 aromatic carbocycles. The SMILES string of the molecule is Cc1ccc(C(c2ccsc2)N2CCC(C(=O)O)CC2)c(C)c1. The highest BCUT2D eigenvalue weighted by atomic mass is 32.1. The highest BCUT2D eigenvalue weighted by Crippen LogP contribution is 2.35. The molecule has 1 N–H and O–H groups in total. The third-order valence-corrected chi connectivity index (χ3v) is 5.52. The van der Waals surface area contributed by atoms with Crippen LogP contribution in [-0.4, -0.2) is 29.1 Å². The van der Waals surface area contributed by atoms with Crippen molar-refractivity contribution in [2.75, 3.05) is 13.1 Å². The first kappa shape index (κ1) is 16.2. The Labute approximate surface area is 141 Å². The molecule has 0 amide bonds. The van der Waals surface area contributed by atoms with Gasteiger partial charge in [0, 0.05) is 0 Å². The Bertz CT molecular complexity index is 673. The van der Waals surface area contributed by atoms with Crippen molar-refractivity contribution >= 4 is 17.3 Å². The number of nitrogens with zero attached hydrogens (tertiary/aromatic N) is 1. The number of aliphatic carboxylic acids is 1. The van der Waals surface area contributed by atoms with Gasteiger partial charge in [0.2, 0.25) is 0 Å².